The number of anilines is 1. The number of benzene rings is 1. The summed E-state index contributed by atoms with van der Waals surface area (Å²) in [4.78, 5) is 28.1. The van der Waals surface area contributed by atoms with E-state index in [0.29, 0.717) is 16.6 Å². The smallest absolute Gasteiger partial charge is 0.245 e. The van der Waals surface area contributed by atoms with Crippen LogP contribution in [0, 0.1) is 5.92 Å². The number of aromatic nitrogens is 1. The van der Waals surface area contributed by atoms with Gasteiger partial charge in [0.15, 0.2) is 5.13 Å². The van der Waals surface area contributed by atoms with E-state index in [1.165, 1.54) is 11.3 Å². The monoisotopic (exact) mass is 362 g/mol. The van der Waals surface area contributed by atoms with Gasteiger partial charge in [0.25, 0.3) is 0 Å². The molecule has 0 fully saturated rings. The van der Waals surface area contributed by atoms with Gasteiger partial charge in [0.05, 0.1) is 25.4 Å². The zero-order valence-electron chi connectivity index (χ0n) is 14.4. The van der Waals surface area contributed by atoms with Crippen molar-refractivity contribution in [2.75, 3.05) is 19.0 Å². The molecule has 0 aliphatic rings. The van der Waals surface area contributed by atoms with E-state index in [-0.39, 0.29) is 24.3 Å². The van der Waals surface area contributed by atoms with Crippen LogP contribution in [0.3, 0.4) is 0 Å². The van der Waals surface area contributed by atoms with Crippen LogP contribution in [-0.2, 0) is 9.59 Å². The molecule has 7 nitrogen and oxygen atoms in total. The number of hydrogen-bond donors (Lipinski definition) is 3. The van der Waals surface area contributed by atoms with E-state index in [1.807, 2.05) is 43.5 Å². The highest BCUT2D eigenvalue weighted by Gasteiger charge is 2.18. The van der Waals surface area contributed by atoms with E-state index in [1.54, 1.807) is 7.11 Å². The molecular formula is C17H22N4O3S. The number of amides is 2. The van der Waals surface area contributed by atoms with Crippen molar-refractivity contribution in [2.24, 2.45) is 11.7 Å². The Labute approximate surface area is 150 Å². The standard InChI is InChI=1S/C17H22N4O3S/c1-10(2)15(18)16(23)19-8-14(22)21-17-20-12(9-25-17)11-6-4-5-7-13(11)24-3/h4-7,9-10,15H,8,18H2,1-3H3,(H,19,23)(H,20,21,22)/t15-/m0/s1. The summed E-state index contributed by atoms with van der Waals surface area (Å²) in [7, 11) is 1.60. The molecule has 0 spiro atoms. The number of hydrogen-bond acceptors (Lipinski definition) is 6. The van der Waals surface area contributed by atoms with Crippen LogP contribution in [0.25, 0.3) is 11.3 Å². The van der Waals surface area contributed by atoms with Crippen LogP contribution < -0.4 is 21.1 Å². The van der Waals surface area contributed by atoms with Crippen molar-refractivity contribution in [3.63, 3.8) is 0 Å². The van der Waals surface area contributed by atoms with Crippen LogP contribution in [-0.4, -0.2) is 36.5 Å². The molecule has 1 heterocycles. The van der Waals surface area contributed by atoms with Gasteiger partial charge in [-0.3, -0.25) is 9.59 Å². The molecular weight excluding hydrogens is 340 g/mol. The van der Waals surface area contributed by atoms with E-state index in [9.17, 15) is 9.59 Å². The summed E-state index contributed by atoms with van der Waals surface area (Å²) in [5, 5.41) is 7.47. The van der Waals surface area contributed by atoms with Crippen LogP contribution in [0.2, 0.25) is 0 Å². The maximum absolute atomic E-state index is 12.0. The second-order valence-corrected chi connectivity index (χ2v) is 6.63. The van der Waals surface area contributed by atoms with Crippen molar-refractivity contribution >= 4 is 28.3 Å². The number of nitrogens with one attached hydrogen (secondary N) is 2. The van der Waals surface area contributed by atoms with Gasteiger partial charge in [-0.05, 0) is 18.1 Å². The largest absolute Gasteiger partial charge is 0.496 e. The lowest BCUT2D eigenvalue weighted by Gasteiger charge is -2.14. The third kappa shape index (κ3) is 5.01. The Hall–Kier alpha value is -2.45. The van der Waals surface area contributed by atoms with Crippen molar-refractivity contribution in [2.45, 2.75) is 19.9 Å². The second-order valence-electron chi connectivity index (χ2n) is 5.77. The van der Waals surface area contributed by atoms with E-state index in [4.69, 9.17) is 10.5 Å². The first-order chi connectivity index (χ1) is 11.9. The summed E-state index contributed by atoms with van der Waals surface area (Å²) in [6.07, 6.45) is 0. The van der Waals surface area contributed by atoms with Gasteiger partial charge >= 0.3 is 0 Å². The molecule has 0 bridgehead atoms. The maximum Gasteiger partial charge on any atom is 0.245 e. The zero-order valence-corrected chi connectivity index (χ0v) is 15.2. The van der Waals surface area contributed by atoms with Crippen LogP contribution >= 0.6 is 11.3 Å². The average molecular weight is 362 g/mol. The number of thiazole rings is 1. The maximum atomic E-state index is 12.0. The molecule has 1 aromatic carbocycles. The molecule has 2 aromatic rings. The lowest BCUT2D eigenvalue weighted by atomic mass is 10.1. The molecule has 0 radical (unpaired) electrons. The van der Waals surface area contributed by atoms with Gasteiger partial charge in [-0.2, -0.15) is 0 Å². The van der Waals surface area contributed by atoms with Crippen molar-refractivity contribution in [3.8, 4) is 17.0 Å². The molecule has 0 aliphatic carbocycles. The highest BCUT2D eigenvalue weighted by Crippen LogP contribution is 2.31. The molecule has 0 aliphatic heterocycles. The minimum absolute atomic E-state index is 0.00503. The first-order valence-electron chi connectivity index (χ1n) is 7.84. The number of nitrogens with two attached hydrogens (primary N) is 1. The Kier molecular flexibility index (Phi) is 6.49. The first kappa shape index (κ1) is 18.9. The van der Waals surface area contributed by atoms with Crippen molar-refractivity contribution in [3.05, 3.63) is 29.6 Å². The number of nitrogens with zero attached hydrogens (tertiary/aromatic N) is 1. The summed E-state index contributed by atoms with van der Waals surface area (Å²) in [6.45, 7) is 3.54. The molecule has 2 amide bonds. The Bertz CT molecular complexity index is 745. The molecule has 0 unspecified atom stereocenters. The fraction of sp³-hybridized carbons (Fsp3) is 0.353. The Balaban J connectivity index is 1.95. The van der Waals surface area contributed by atoms with E-state index in [2.05, 4.69) is 15.6 Å². The molecule has 8 heteroatoms. The lowest BCUT2D eigenvalue weighted by Crippen LogP contribution is -2.46. The molecule has 0 saturated heterocycles. The lowest BCUT2D eigenvalue weighted by molar-refractivity contribution is -0.125. The predicted molar refractivity (Wildman–Crippen MR) is 98.6 cm³/mol. The SMILES string of the molecule is COc1ccccc1-c1csc(NC(=O)CNC(=O)[C@@H](N)C(C)C)n1. The minimum Gasteiger partial charge on any atom is -0.496 e. The summed E-state index contributed by atoms with van der Waals surface area (Å²) < 4.78 is 5.31. The predicted octanol–water partition coefficient (Wildman–Crippen LogP) is 1.86. The Morgan fingerprint density at radius 2 is 2.04 bits per heavy atom. The summed E-state index contributed by atoms with van der Waals surface area (Å²) in [5.74, 6) is 0.00952. The van der Waals surface area contributed by atoms with Crippen molar-refractivity contribution in [1.82, 2.24) is 10.3 Å². The van der Waals surface area contributed by atoms with Gasteiger partial charge in [-0.15, -0.1) is 11.3 Å². The summed E-state index contributed by atoms with van der Waals surface area (Å²) >= 11 is 1.30. The number of carbonyl (C=O) groups excluding carboxylic acids is 2. The van der Waals surface area contributed by atoms with Gasteiger partial charge in [-0.25, -0.2) is 4.98 Å². The fourth-order valence-corrected chi connectivity index (χ4v) is 2.79. The van der Waals surface area contributed by atoms with Crippen LogP contribution in [0.5, 0.6) is 5.75 Å². The molecule has 1 aromatic heterocycles. The van der Waals surface area contributed by atoms with E-state index < -0.39 is 6.04 Å². The average Bonchev–Trinajstić information content (AvgIpc) is 3.06. The zero-order chi connectivity index (χ0) is 18.4. The third-order valence-corrected chi connectivity index (χ3v) is 4.34. The van der Waals surface area contributed by atoms with Gasteiger partial charge < -0.3 is 21.1 Å². The number of carbonyl (C=O) groups is 2. The number of rotatable bonds is 7. The number of methoxy groups -OCH3 is 1. The van der Waals surface area contributed by atoms with Gasteiger partial charge in [0, 0.05) is 10.9 Å². The Morgan fingerprint density at radius 3 is 2.72 bits per heavy atom. The Morgan fingerprint density at radius 1 is 1.32 bits per heavy atom. The minimum atomic E-state index is -0.634. The molecule has 1 atom stereocenters. The topological polar surface area (TPSA) is 106 Å². The first-order valence-corrected chi connectivity index (χ1v) is 8.72. The second kappa shape index (κ2) is 8.59. The van der Waals surface area contributed by atoms with E-state index in [0.717, 1.165) is 5.56 Å². The van der Waals surface area contributed by atoms with Crippen molar-refractivity contribution < 1.29 is 14.3 Å². The van der Waals surface area contributed by atoms with Crippen LogP contribution in [0.4, 0.5) is 5.13 Å². The highest BCUT2D eigenvalue weighted by atomic mass is 32.1. The third-order valence-electron chi connectivity index (χ3n) is 3.58. The molecule has 2 rings (SSSR count). The van der Waals surface area contributed by atoms with Crippen LogP contribution in [0.15, 0.2) is 29.6 Å². The number of para-hydroxylation sites is 1. The normalized spacial score (nSPS) is 11.9. The van der Waals surface area contributed by atoms with Gasteiger partial charge in [0.1, 0.15) is 5.75 Å². The summed E-state index contributed by atoms with van der Waals surface area (Å²) in [6, 6.07) is 6.88. The van der Waals surface area contributed by atoms with Gasteiger partial charge in [-0.1, -0.05) is 26.0 Å². The van der Waals surface area contributed by atoms with Crippen molar-refractivity contribution in [1.29, 1.82) is 0 Å². The molecule has 134 valence electrons. The summed E-state index contributed by atoms with van der Waals surface area (Å²) in [5.41, 5.74) is 7.28. The molecule has 25 heavy (non-hydrogen) atoms. The quantitative estimate of drug-likeness (QED) is 0.697. The number of ether oxygens (including phenoxy) is 1. The molecule has 4 N–H and O–H groups in total. The fourth-order valence-electron chi connectivity index (χ4n) is 2.06. The van der Waals surface area contributed by atoms with Crippen LogP contribution in [0.1, 0.15) is 13.8 Å². The van der Waals surface area contributed by atoms with E-state index >= 15 is 0 Å². The van der Waals surface area contributed by atoms with Gasteiger partial charge in [0.2, 0.25) is 11.8 Å². The highest BCUT2D eigenvalue weighted by molar-refractivity contribution is 7.14. The molecule has 0 saturated carbocycles.